The van der Waals surface area contributed by atoms with Gasteiger partial charge < -0.3 is 19.3 Å². The molecule has 0 fully saturated rings. The number of ether oxygens (including phenoxy) is 2. The third kappa shape index (κ3) is 36.8. The van der Waals surface area contributed by atoms with Gasteiger partial charge in [0.2, 0.25) is 0 Å². The van der Waals surface area contributed by atoms with Crippen LogP contribution in [0.4, 0.5) is 0 Å². The van der Waals surface area contributed by atoms with Crippen molar-refractivity contribution in [2.75, 3.05) is 13.2 Å². The third-order valence-corrected chi connectivity index (χ3v) is 8.31. The Morgan fingerprint density at radius 1 is 0.542 bits per heavy atom. The molecule has 0 spiro atoms. The molecule has 0 heterocycles. The topological polar surface area (TPSA) is 119 Å². The van der Waals surface area contributed by atoms with Crippen LogP contribution < -0.4 is 0 Å². The van der Waals surface area contributed by atoms with Crippen LogP contribution in [0.15, 0.2) is 48.6 Å². The third-order valence-electron chi connectivity index (χ3n) is 7.82. The molecule has 0 aromatic heterocycles. The fourth-order valence-electron chi connectivity index (χ4n) is 4.97. The van der Waals surface area contributed by atoms with Crippen LogP contribution in [0.3, 0.4) is 0 Å². The van der Waals surface area contributed by atoms with Crippen LogP contribution in [0.25, 0.3) is 0 Å². The number of carbonyl (C=O) groups is 2. The summed E-state index contributed by atoms with van der Waals surface area (Å²) in [6, 6.07) is 0. The van der Waals surface area contributed by atoms with E-state index in [0.29, 0.717) is 19.3 Å². The molecule has 0 aliphatic rings. The van der Waals surface area contributed by atoms with Crippen LogP contribution in [-0.4, -0.2) is 41.0 Å². The highest BCUT2D eigenvalue weighted by molar-refractivity contribution is 7.46. The highest BCUT2D eigenvalue weighted by Crippen LogP contribution is 2.35. The number of esters is 2. The maximum Gasteiger partial charge on any atom is 0.469 e. The fourth-order valence-corrected chi connectivity index (χ4v) is 5.33. The van der Waals surface area contributed by atoms with Gasteiger partial charge in [-0.2, -0.15) is 0 Å². The molecule has 2 N–H and O–H groups in total. The van der Waals surface area contributed by atoms with Crippen LogP contribution in [-0.2, 0) is 28.2 Å². The van der Waals surface area contributed by atoms with Gasteiger partial charge in [-0.25, -0.2) is 4.57 Å². The SMILES string of the molecule is CCCCCCCC/C=C/C/C=C/C/C=C/CCCC(=O)O[C@H](COC(=O)CCCCC/C=C/CCCCCCCC)COP(=O)(O)O. The number of hydrogen-bond acceptors (Lipinski definition) is 6. The molecular formula is C39H69O8P. The first-order valence-corrected chi connectivity index (χ1v) is 20.5. The van der Waals surface area contributed by atoms with E-state index in [1.807, 2.05) is 6.08 Å². The van der Waals surface area contributed by atoms with E-state index in [4.69, 9.17) is 19.3 Å². The largest absolute Gasteiger partial charge is 0.469 e. The average Bonchev–Trinajstić information content (AvgIpc) is 3.05. The van der Waals surface area contributed by atoms with Crippen molar-refractivity contribution in [2.45, 2.75) is 174 Å². The Bertz CT molecular complexity index is 921. The summed E-state index contributed by atoms with van der Waals surface area (Å²) in [5.74, 6) is -0.967. The Balaban J connectivity index is 4.09. The van der Waals surface area contributed by atoms with Gasteiger partial charge in [-0.1, -0.05) is 133 Å². The van der Waals surface area contributed by atoms with Crippen LogP contribution in [0.5, 0.6) is 0 Å². The highest BCUT2D eigenvalue weighted by atomic mass is 31.2. The second kappa shape index (κ2) is 34.9. The number of carbonyl (C=O) groups excluding carboxylic acids is 2. The quantitative estimate of drug-likeness (QED) is 0.0295. The van der Waals surface area contributed by atoms with E-state index < -0.39 is 32.5 Å². The normalized spacial score (nSPS) is 13.0. The number of phosphoric acid groups is 1. The van der Waals surface area contributed by atoms with E-state index in [0.717, 1.165) is 44.9 Å². The summed E-state index contributed by atoms with van der Waals surface area (Å²) < 4.78 is 26.2. The zero-order valence-corrected chi connectivity index (χ0v) is 31.3. The lowest BCUT2D eigenvalue weighted by molar-refractivity contribution is -0.161. The first-order chi connectivity index (χ1) is 23.3. The molecule has 0 rings (SSSR count). The molecule has 8 nitrogen and oxygen atoms in total. The van der Waals surface area contributed by atoms with Gasteiger partial charge in [-0.05, 0) is 70.6 Å². The summed E-state index contributed by atoms with van der Waals surface area (Å²) in [6.07, 6.45) is 41.3. The summed E-state index contributed by atoms with van der Waals surface area (Å²) >= 11 is 0. The Morgan fingerprint density at radius 2 is 0.958 bits per heavy atom. The van der Waals surface area contributed by atoms with Gasteiger partial charge in [0.25, 0.3) is 0 Å². The van der Waals surface area contributed by atoms with E-state index in [1.165, 1.54) is 77.0 Å². The predicted molar refractivity (Wildman–Crippen MR) is 198 cm³/mol. The molecule has 0 aliphatic heterocycles. The van der Waals surface area contributed by atoms with Gasteiger partial charge in [0, 0.05) is 12.8 Å². The minimum atomic E-state index is -4.77. The van der Waals surface area contributed by atoms with Crippen LogP contribution in [0.2, 0.25) is 0 Å². The molecule has 1 atom stereocenters. The number of hydrogen-bond donors (Lipinski definition) is 2. The van der Waals surface area contributed by atoms with Gasteiger partial charge in [0.15, 0.2) is 6.10 Å². The second-order valence-corrected chi connectivity index (χ2v) is 13.8. The minimum absolute atomic E-state index is 0.136. The van der Waals surface area contributed by atoms with E-state index in [9.17, 15) is 14.2 Å². The standard InChI is InChI=1S/C39H69O8P/c1-3-5-7-9-11-13-15-17-18-19-20-22-24-26-28-30-32-34-39(41)47-37(36-46-48(42,43)44)35-45-38(40)33-31-29-27-25-23-21-16-14-12-10-8-6-4-2/h17-18,20-23,26,28,37H,3-16,19,24-25,27,29-36H2,1-2H3,(H2,42,43,44)/b18-17+,22-20+,23-21+,28-26+/t37-/m1/s1. The van der Waals surface area contributed by atoms with Gasteiger partial charge >= 0.3 is 19.8 Å². The predicted octanol–water partition coefficient (Wildman–Crippen LogP) is 11.2. The van der Waals surface area contributed by atoms with E-state index in [2.05, 4.69) is 60.9 Å². The molecule has 0 saturated carbocycles. The van der Waals surface area contributed by atoms with Gasteiger partial charge in [-0.3, -0.25) is 14.1 Å². The molecule has 278 valence electrons. The molecule has 0 bridgehead atoms. The zero-order chi connectivity index (χ0) is 35.4. The maximum absolute atomic E-state index is 12.3. The van der Waals surface area contributed by atoms with Crippen molar-refractivity contribution in [3.63, 3.8) is 0 Å². The number of unbranched alkanes of at least 4 members (excludes halogenated alkanes) is 16. The van der Waals surface area contributed by atoms with E-state index in [-0.39, 0.29) is 19.4 Å². The molecule has 0 amide bonds. The lowest BCUT2D eigenvalue weighted by Gasteiger charge is -2.18. The summed E-state index contributed by atoms with van der Waals surface area (Å²) in [4.78, 5) is 42.6. The number of phosphoric ester groups is 1. The van der Waals surface area contributed by atoms with Gasteiger partial charge in [0.1, 0.15) is 6.61 Å². The zero-order valence-electron chi connectivity index (χ0n) is 30.4. The van der Waals surface area contributed by atoms with Gasteiger partial charge in [0.05, 0.1) is 6.61 Å². The lowest BCUT2D eigenvalue weighted by atomic mass is 10.1. The molecule has 0 saturated heterocycles. The van der Waals surface area contributed by atoms with Crippen LogP contribution >= 0.6 is 7.82 Å². The summed E-state index contributed by atoms with van der Waals surface area (Å²) in [5.41, 5.74) is 0. The Morgan fingerprint density at radius 3 is 1.48 bits per heavy atom. The highest BCUT2D eigenvalue weighted by Gasteiger charge is 2.22. The van der Waals surface area contributed by atoms with Crippen molar-refractivity contribution in [1.29, 1.82) is 0 Å². The molecular weight excluding hydrogens is 627 g/mol. The number of rotatable bonds is 34. The molecule has 0 aromatic carbocycles. The van der Waals surface area contributed by atoms with Crippen molar-refractivity contribution in [2.24, 2.45) is 0 Å². The van der Waals surface area contributed by atoms with Crippen molar-refractivity contribution in [1.82, 2.24) is 0 Å². The minimum Gasteiger partial charge on any atom is -0.462 e. The molecule has 0 unspecified atom stereocenters. The maximum atomic E-state index is 12.3. The first kappa shape index (κ1) is 46.0. The van der Waals surface area contributed by atoms with Crippen LogP contribution in [0.1, 0.15) is 168 Å². The van der Waals surface area contributed by atoms with Crippen molar-refractivity contribution >= 4 is 19.8 Å². The van der Waals surface area contributed by atoms with Crippen LogP contribution in [0, 0.1) is 0 Å². The van der Waals surface area contributed by atoms with Crippen molar-refractivity contribution < 1.29 is 37.9 Å². The summed E-state index contributed by atoms with van der Waals surface area (Å²) in [7, 11) is -4.77. The van der Waals surface area contributed by atoms with Crippen molar-refractivity contribution in [3.8, 4) is 0 Å². The average molecular weight is 697 g/mol. The Hall–Kier alpha value is -1.99. The fraction of sp³-hybridized carbons (Fsp3) is 0.744. The monoisotopic (exact) mass is 696 g/mol. The Labute approximate surface area is 293 Å². The van der Waals surface area contributed by atoms with Crippen molar-refractivity contribution in [3.05, 3.63) is 48.6 Å². The summed E-state index contributed by atoms with van der Waals surface area (Å²) in [6.45, 7) is 3.60. The lowest BCUT2D eigenvalue weighted by Crippen LogP contribution is -2.29. The molecule has 0 radical (unpaired) electrons. The molecule has 0 aliphatic carbocycles. The smallest absolute Gasteiger partial charge is 0.462 e. The van der Waals surface area contributed by atoms with E-state index in [1.54, 1.807) is 0 Å². The van der Waals surface area contributed by atoms with E-state index >= 15 is 0 Å². The molecule has 0 aromatic rings. The second-order valence-electron chi connectivity index (χ2n) is 12.5. The first-order valence-electron chi connectivity index (χ1n) is 18.9. The number of allylic oxidation sites excluding steroid dienone is 8. The Kier molecular flexibility index (Phi) is 33.4. The summed E-state index contributed by atoms with van der Waals surface area (Å²) in [5, 5.41) is 0. The molecule has 9 heteroatoms. The van der Waals surface area contributed by atoms with Gasteiger partial charge in [-0.15, -0.1) is 0 Å². The molecule has 48 heavy (non-hydrogen) atoms.